The number of carboxylic acids is 1. The molecule has 8 nitrogen and oxygen atoms in total. The number of carboxylic acid groups (broad SMARTS) is 2. The number of rotatable bonds is 6. The quantitative estimate of drug-likeness (QED) is 0.305. The highest BCUT2D eigenvalue weighted by molar-refractivity contribution is 5.94. The lowest BCUT2D eigenvalue weighted by Crippen LogP contribution is -2.37. The molecule has 4 aromatic rings. The fourth-order valence-corrected chi connectivity index (χ4v) is 5.85. The van der Waals surface area contributed by atoms with Crippen LogP contribution in [0.5, 0.6) is 0 Å². The normalized spacial score (nSPS) is 17.1. The van der Waals surface area contributed by atoms with Crippen molar-refractivity contribution in [3.05, 3.63) is 95.2 Å². The summed E-state index contributed by atoms with van der Waals surface area (Å²) in [5.74, 6) is -1.03. The number of aryl methyl sites for hydroxylation is 1. The van der Waals surface area contributed by atoms with Crippen LogP contribution in [0, 0.1) is 0 Å². The SMILES string of the molecule is NC(CCN(C(=O)O)c1ccc2cc(C3CC=CC4=C3CCc3c4ccc4ccccc34)nnc2c1)C(=O)O. The molecule has 0 aliphatic heterocycles. The van der Waals surface area contributed by atoms with Crippen molar-refractivity contribution in [3.63, 3.8) is 0 Å². The number of aromatic nitrogens is 2. The summed E-state index contributed by atoms with van der Waals surface area (Å²) in [5.41, 5.74) is 12.8. The van der Waals surface area contributed by atoms with Crippen LogP contribution >= 0.6 is 0 Å². The van der Waals surface area contributed by atoms with Gasteiger partial charge in [-0.2, -0.15) is 10.2 Å². The van der Waals surface area contributed by atoms with Crippen LogP contribution in [0.15, 0.2) is 78.4 Å². The van der Waals surface area contributed by atoms with E-state index in [9.17, 15) is 14.7 Å². The third-order valence-electron chi connectivity index (χ3n) is 7.87. The molecule has 2 aliphatic carbocycles. The highest BCUT2D eigenvalue weighted by atomic mass is 16.4. The smallest absolute Gasteiger partial charge is 0.411 e. The van der Waals surface area contributed by atoms with E-state index in [0.29, 0.717) is 11.2 Å². The first kappa shape index (κ1) is 24.8. The van der Waals surface area contributed by atoms with Crippen LogP contribution in [0.2, 0.25) is 0 Å². The number of hydrogen-bond donors (Lipinski definition) is 3. The molecule has 8 heteroatoms. The summed E-state index contributed by atoms with van der Waals surface area (Å²) >= 11 is 0. The van der Waals surface area contributed by atoms with Crippen molar-refractivity contribution >= 4 is 45.0 Å². The van der Waals surface area contributed by atoms with Crippen LogP contribution in [0.3, 0.4) is 0 Å². The van der Waals surface area contributed by atoms with Gasteiger partial charge in [0.25, 0.3) is 0 Å². The van der Waals surface area contributed by atoms with Crippen LogP contribution < -0.4 is 10.6 Å². The minimum atomic E-state index is -1.18. The number of aliphatic carboxylic acids is 1. The van der Waals surface area contributed by atoms with Gasteiger partial charge in [0.2, 0.25) is 0 Å². The number of allylic oxidation sites excluding steroid dienone is 4. The predicted molar refractivity (Wildman–Crippen MR) is 151 cm³/mol. The summed E-state index contributed by atoms with van der Waals surface area (Å²) in [6.07, 6.45) is 6.09. The molecule has 0 radical (unpaired) electrons. The first-order chi connectivity index (χ1) is 18.9. The molecule has 2 atom stereocenters. The van der Waals surface area contributed by atoms with E-state index in [1.807, 2.05) is 12.1 Å². The standard InChI is InChI=1S/C31H28N4O4/c32-27(30(36)37)14-15-35(31(38)39)20-10-8-19-16-29(34-33-28(19)17-20)26-7-3-6-22-24-11-9-18-4-1-2-5-21(18)23(24)12-13-25(22)26/h1-6,8-11,16-17,26-27H,7,12-15,32H2,(H,36,37)(H,38,39). The number of anilines is 1. The number of nitrogens with zero attached hydrogens (tertiary/aromatic N) is 3. The second kappa shape index (κ2) is 9.96. The summed E-state index contributed by atoms with van der Waals surface area (Å²) in [7, 11) is 0. The lowest BCUT2D eigenvalue weighted by Gasteiger charge is -2.30. The fraction of sp³-hybridized carbons (Fsp3) is 0.226. The number of fused-ring (bicyclic) bond motifs is 5. The fourth-order valence-electron chi connectivity index (χ4n) is 5.85. The summed E-state index contributed by atoms with van der Waals surface area (Å²) in [5, 5.41) is 31.2. The lowest BCUT2D eigenvalue weighted by atomic mass is 9.74. The molecule has 0 fully saturated rings. The van der Waals surface area contributed by atoms with Crippen LogP contribution in [-0.4, -0.2) is 45.1 Å². The molecule has 0 bridgehead atoms. The molecule has 0 spiro atoms. The number of benzene rings is 3. The van der Waals surface area contributed by atoms with Crippen LogP contribution in [-0.2, 0) is 11.2 Å². The van der Waals surface area contributed by atoms with E-state index in [1.54, 1.807) is 12.1 Å². The van der Waals surface area contributed by atoms with E-state index in [0.717, 1.165) is 35.2 Å². The Bertz CT molecular complexity index is 1690. The zero-order valence-electron chi connectivity index (χ0n) is 21.2. The van der Waals surface area contributed by atoms with Crippen molar-refractivity contribution < 1.29 is 19.8 Å². The minimum absolute atomic E-state index is 0.00412. The van der Waals surface area contributed by atoms with Crippen molar-refractivity contribution in [1.82, 2.24) is 10.2 Å². The van der Waals surface area contributed by atoms with Gasteiger partial charge in [0, 0.05) is 23.5 Å². The highest BCUT2D eigenvalue weighted by Crippen LogP contribution is 2.45. The third kappa shape index (κ3) is 4.53. The third-order valence-corrected chi connectivity index (χ3v) is 7.87. The topological polar surface area (TPSA) is 130 Å². The van der Waals surface area contributed by atoms with E-state index in [4.69, 9.17) is 10.8 Å². The molecular weight excluding hydrogens is 492 g/mol. The highest BCUT2D eigenvalue weighted by Gasteiger charge is 2.29. The molecule has 2 aliphatic rings. The molecule has 3 aromatic carbocycles. The molecule has 39 heavy (non-hydrogen) atoms. The molecular formula is C31H28N4O4. The van der Waals surface area contributed by atoms with Crippen molar-refractivity contribution in [1.29, 1.82) is 0 Å². The average molecular weight is 521 g/mol. The van der Waals surface area contributed by atoms with Gasteiger partial charge in [-0.3, -0.25) is 9.69 Å². The van der Waals surface area contributed by atoms with Gasteiger partial charge in [-0.25, -0.2) is 4.79 Å². The molecule has 2 unspecified atom stereocenters. The summed E-state index contributed by atoms with van der Waals surface area (Å²) in [6.45, 7) is -0.0398. The van der Waals surface area contributed by atoms with E-state index >= 15 is 0 Å². The Labute approximate surface area is 225 Å². The second-order valence-corrected chi connectivity index (χ2v) is 10.1. The van der Waals surface area contributed by atoms with Crippen molar-refractivity contribution in [2.45, 2.75) is 37.6 Å². The largest absolute Gasteiger partial charge is 0.480 e. The lowest BCUT2D eigenvalue weighted by molar-refractivity contribution is -0.138. The number of carbonyl (C=O) groups is 2. The minimum Gasteiger partial charge on any atom is -0.480 e. The number of amides is 1. The van der Waals surface area contributed by atoms with Gasteiger partial charge in [0.05, 0.1) is 11.2 Å². The molecule has 1 amide bonds. The van der Waals surface area contributed by atoms with Gasteiger partial charge in [-0.15, -0.1) is 0 Å². The van der Waals surface area contributed by atoms with Crippen molar-refractivity contribution in [3.8, 4) is 0 Å². The maximum atomic E-state index is 11.9. The zero-order chi connectivity index (χ0) is 27.1. The van der Waals surface area contributed by atoms with E-state index in [2.05, 4.69) is 58.7 Å². The van der Waals surface area contributed by atoms with Crippen LogP contribution in [0.25, 0.3) is 27.2 Å². The second-order valence-electron chi connectivity index (χ2n) is 10.1. The Kier molecular flexibility index (Phi) is 6.32. The Morgan fingerprint density at radius 1 is 1.00 bits per heavy atom. The maximum Gasteiger partial charge on any atom is 0.411 e. The molecule has 0 saturated heterocycles. The van der Waals surface area contributed by atoms with Crippen molar-refractivity contribution in [2.75, 3.05) is 11.4 Å². The molecule has 196 valence electrons. The molecule has 0 saturated carbocycles. The average Bonchev–Trinajstić information content (AvgIpc) is 2.95. The Morgan fingerprint density at radius 3 is 2.64 bits per heavy atom. The summed E-state index contributed by atoms with van der Waals surface area (Å²) in [6, 6.07) is 19.1. The van der Waals surface area contributed by atoms with Gasteiger partial charge >= 0.3 is 12.1 Å². The molecule has 1 heterocycles. The summed E-state index contributed by atoms with van der Waals surface area (Å²) in [4.78, 5) is 24.0. The predicted octanol–water partition coefficient (Wildman–Crippen LogP) is 5.51. The zero-order valence-corrected chi connectivity index (χ0v) is 21.2. The first-order valence-corrected chi connectivity index (χ1v) is 13.1. The van der Waals surface area contributed by atoms with E-state index in [-0.39, 0.29) is 18.9 Å². The number of hydrogen-bond acceptors (Lipinski definition) is 5. The Hall–Kier alpha value is -4.56. The monoisotopic (exact) mass is 520 g/mol. The van der Waals surface area contributed by atoms with Gasteiger partial charge in [-0.05, 0) is 71.4 Å². The van der Waals surface area contributed by atoms with Gasteiger partial charge in [0.1, 0.15) is 6.04 Å². The van der Waals surface area contributed by atoms with Crippen molar-refractivity contribution in [2.24, 2.45) is 5.73 Å². The van der Waals surface area contributed by atoms with Gasteiger partial charge in [0.15, 0.2) is 0 Å². The van der Waals surface area contributed by atoms with Crippen LogP contribution in [0.4, 0.5) is 10.5 Å². The molecule has 4 N–H and O–H groups in total. The van der Waals surface area contributed by atoms with Gasteiger partial charge in [-0.1, -0.05) is 60.2 Å². The van der Waals surface area contributed by atoms with E-state index < -0.39 is 18.1 Å². The molecule has 1 aromatic heterocycles. The Morgan fingerprint density at radius 2 is 1.82 bits per heavy atom. The number of nitrogens with two attached hydrogens (primary N) is 1. The summed E-state index contributed by atoms with van der Waals surface area (Å²) < 4.78 is 0. The van der Waals surface area contributed by atoms with Gasteiger partial charge < -0.3 is 15.9 Å². The van der Waals surface area contributed by atoms with Crippen LogP contribution in [0.1, 0.15) is 42.0 Å². The first-order valence-electron chi connectivity index (χ1n) is 13.1. The van der Waals surface area contributed by atoms with E-state index in [1.165, 1.54) is 33.0 Å². The molecule has 6 rings (SSSR count). The maximum absolute atomic E-state index is 11.9. The Balaban J connectivity index is 1.31.